The number of benzene rings is 1. The van der Waals surface area contributed by atoms with Gasteiger partial charge < -0.3 is 10.1 Å². The Hall–Kier alpha value is -3.23. The first-order valence-electron chi connectivity index (χ1n) is 6.96. The SMILES string of the molecule is COC1=C(Nc2ccc(C(F)(F)F)cc2)C(=O)c2nccnc2C1=O. The number of aromatic nitrogens is 2. The molecule has 0 fully saturated rings. The molecule has 0 saturated carbocycles. The van der Waals surface area contributed by atoms with E-state index >= 15 is 0 Å². The molecule has 6 nitrogen and oxygen atoms in total. The van der Waals surface area contributed by atoms with E-state index in [-0.39, 0.29) is 28.5 Å². The van der Waals surface area contributed by atoms with Crippen LogP contribution in [0.1, 0.15) is 26.5 Å². The minimum atomic E-state index is -4.47. The van der Waals surface area contributed by atoms with E-state index in [1.807, 2.05) is 0 Å². The summed E-state index contributed by atoms with van der Waals surface area (Å²) in [5, 5.41) is 2.63. The second-order valence-electron chi connectivity index (χ2n) is 5.02. The monoisotopic (exact) mass is 349 g/mol. The Morgan fingerprint density at radius 1 is 0.960 bits per heavy atom. The Morgan fingerprint density at radius 3 is 2.04 bits per heavy atom. The number of carbonyl (C=O) groups excluding carboxylic acids is 2. The van der Waals surface area contributed by atoms with Crippen molar-refractivity contribution in [1.82, 2.24) is 9.97 Å². The average molecular weight is 349 g/mol. The van der Waals surface area contributed by atoms with Gasteiger partial charge in [0, 0.05) is 18.1 Å². The molecule has 128 valence electrons. The first kappa shape index (κ1) is 16.6. The van der Waals surface area contributed by atoms with Crippen LogP contribution in [0.5, 0.6) is 0 Å². The van der Waals surface area contributed by atoms with Crippen molar-refractivity contribution in [3.8, 4) is 0 Å². The Labute approximate surface area is 139 Å². The van der Waals surface area contributed by atoms with Gasteiger partial charge in [-0.1, -0.05) is 0 Å². The van der Waals surface area contributed by atoms with Crippen molar-refractivity contribution in [3.05, 3.63) is 65.1 Å². The fourth-order valence-electron chi connectivity index (χ4n) is 2.31. The van der Waals surface area contributed by atoms with Gasteiger partial charge >= 0.3 is 6.18 Å². The zero-order valence-electron chi connectivity index (χ0n) is 12.7. The maximum absolute atomic E-state index is 12.6. The van der Waals surface area contributed by atoms with E-state index in [2.05, 4.69) is 15.3 Å². The summed E-state index contributed by atoms with van der Waals surface area (Å²) in [5.41, 5.74) is -1.14. The topological polar surface area (TPSA) is 81.2 Å². The van der Waals surface area contributed by atoms with Gasteiger partial charge in [0.15, 0.2) is 5.76 Å². The number of Topliss-reactive ketones (excluding diaryl/α,β-unsaturated/α-hetero) is 2. The molecule has 0 atom stereocenters. The molecule has 2 aromatic rings. The van der Waals surface area contributed by atoms with Gasteiger partial charge in [0.25, 0.3) is 5.78 Å². The summed E-state index contributed by atoms with van der Waals surface area (Å²) >= 11 is 0. The summed E-state index contributed by atoms with van der Waals surface area (Å²) in [7, 11) is 1.20. The molecule has 0 spiro atoms. The summed E-state index contributed by atoms with van der Waals surface area (Å²) in [6, 6.07) is 4.01. The minimum Gasteiger partial charge on any atom is -0.491 e. The molecule has 0 amide bonds. The third-order valence-corrected chi connectivity index (χ3v) is 3.47. The van der Waals surface area contributed by atoms with Crippen LogP contribution in [0.2, 0.25) is 0 Å². The van der Waals surface area contributed by atoms with Gasteiger partial charge in [-0.2, -0.15) is 13.2 Å². The van der Waals surface area contributed by atoms with Gasteiger partial charge in [-0.25, -0.2) is 9.97 Å². The molecule has 1 aromatic heterocycles. The van der Waals surface area contributed by atoms with Crippen LogP contribution in [-0.4, -0.2) is 28.6 Å². The Morgan fingerprint density at radius 2 is 1.52 bits per heavy atom. The summed E-state index contributed by atoms with van der Waals surface area (Å²) in [6.45, 7) is 0. The van der Waals surface area contributed by atoms with Crippen molar-refractivity contribution >= 4 is 17.3 Å². The van der Waals surface area contributed by atoms with Gasteiger partial charge in [-0.3, -0.25) is 9.59 Å². The van der Waals surface area contributed by atoms with Crippen molar-refractivity contribution in [2.45, 2.75) is 6.18 Å². The molecule has 9 heteroatoms. The highest BCUT2D eigenvalue weighted by molar-refractivity contribution is 6.25. The van der Waals surface area contributed by atoms with E-state index in [9.17, 15) is 22.8 Å². The number of hydrogen-bond donors (Lipinski definition) is 1. The van der Waals surface area contributed by atoms with Crippen LogP contribution >= 0.6 is 0 Å². The smallest absolute Gasteiger partial charge is 0.416 e. The molecule has 0 aliphatic heterocycles. The molecule has 0 bridgehead atoms. The second-order valence-corrected chi connectivity index (χ2v) is 5.02. The number of ether oxygens (including phenoxy) is 1. The zero-order chi connectivity index (χ0) is 18.2. The number of hydrogen-bond acceptors (Lipinski definition) is 6. The van der Waals surface area contributed by atoms with Crippen molar-refractivity contribution in [3.63, 3.8) is 0 Å². The van der Waals surface area contributed by atoms with Crippen LogP contribution in [0.4, 0.5) is 18.9 Å². The van der Waals surface area contributed by atoms with E-state index in [1.165, 1.54) is 19.5 Å². The van der Waals surface area contributed by atoms with E-state index in [0.29, 0.717) is 0 Å². The normalized spacial score (nSPS) is 14.4. The fraction of sp³-hybridized carbons (Fsp3) is 0.125. The van der Waals surface area contributed by atoms with Gasteiger partial charge in [-0.15, -0.1) is 0 Å². The van der Waals surface area contributed by atoms with E-state index in [4.69, 9.17) is 4.74 Å². The molecule has 1 N–H and O–H groups in total. The number of rotatable bonds is 3. The number of nitrogens with one attached hydrogen (secondary N) is 1. The zero-order valence-corrected chi connectivity index (χ0v) is 12.7. The average Bonchev–Trinajstić information content (AvgIpc) is 2.59. The number of anilines is 1. The molecular formula is C16H10F3N3O3. The lowest BCUT2D eigenvalue weighted by Gasteiger charge is -2.19. The van der Waals surface area contributed by atoms with Crippen LogP contribution < -0.4 is 5.32 Å². The van der Waals surface area contributed by atoms with Crippen molar-refractivity contribution in [2.24, 2.45) is 0 Å². The third-order valence-electron chi connectivity index (χ3n) is 3.47. The predicted molar refractivity (Wildman–Crippen MR) is 79.8 cm³/mol. The number of allylic oxidation sites excluding steroid dienone is 2. The van der Waals surface area contributed by atoms with Gasteiger partial charge in [-0.05, 0) is 24.3 Å². The summed E-state index contributed by atoms with van der Waals surface area (Å²) in [4.78, 5) is 32.6. The van der Waals surface area contributed by atoms with Crippen molar-refractivity contribution < 1.29 is 27.5 Å². The van der Waals surface area contributed by atoms with Gasteiger partial charge in [0.2, 0.25) is 5.78 Å². The lowest BCUT2D eigenvalue weighted by molar-refractivity contribution is -0.137. The van der Waals surface area contributed by atoms with E-state index in [0.717, 1.165) is 24.3 Å². The molecule has 0 radical (unpaired) electrons. The number of alkyl halides is 3. The molecule has 25 heavy (non-hydrogen) atoms. The van der Waals surface area contributed by atoms with Crippen LogP contribution in [-0.2, 0) is 10.9 Å². The number of nitrogens with zero attached hydrogens (tertiary/aromatic N) is 2. The summed E-state index contributed by atoms with van der Waals surface area (Å²) < 4.78 is 42.8. The first-order chi connectivity index (χ1) is 11.8. The molecule has 1 heterocycles. The van der Waals surface area contributed by atoms with E-state index in [1.54, 1.807) is 0 Å². The number of fused-ring (bicyclic) bond motifs is 1. The highest BCUT2D eigenvalue weighted by atomic mass is 19.4. The van der Waals surface area contributed by atoms with Gasteiger partial charge in [0.05, 0.1) is 12.7 Å². The number of ketones is 2. The lowest BCUT2D eigenvalue weighted by atomic mass is 9.99. The largest absolute Gasteiger partial charge is 0.491 e. The molecular weight excluding hydrogens is 339 g/mol. The third kappa shape index (κ3) is 2.95. The van der Waals surface area contributed by atoms with Gasteiger partial charge in [0.1, 0.15) is 17.1 Å². The molecule has 1 aliphatic carbocycles. The van der Waals surface area contributed by atoms with E-state index < -0.39 is 23.3 Å². The second kappa shape index (κ2) is 6.00. The Bertz CT molecular complexity index is 889. The van der Waals surface area contributed by atoms with Crippen LogP contribution in [0.15, 0.2) is 48.1 Å². The molecule has 1 aromatic carbocycles. The Balaban J connectivity index is 1.98. The quantitative estimate of drug-likeness (QED) is 0.918. The number of methoxy groups -OCH3 is 1. The van der Waals surface area contributed by atoms with Crippen molar-refractivity contribution in [1.29, 1.82) is 0 Å². The summed E-state index contributed by atoms with van der Waals surface area (Å²) in [6.07, 6.45) is -1.94. The number of halogens is 3. The van der Waals surface area contributed by atoms with Crippen LogP contribution in [0, 0.1) is 0 Å². The molecule has 1 aliphatic rings. The number of carbonyl (C=O) groups is 2. The van der Waals surface area contributed by atoms with Crippen LogP contribution in [0.3, 0.4) is 0 Å². The summed E-state index contributed by atoms with van der Waals surface area (Å²) in [5.74, 6) is -1.56. The molecule has 0 unspecified atom stereocenters. The highest BCUT2D eigenvalue weighted by Gasteiger charge is 2.36. The lowest BCUT2D eigenvalue weighted by Crippen LogP contribution is -2.28. The van der Waals surface area contributed by atoms with Crippen molar-refractivity contribution in [2.75, 3.05) is 12.4 Å². The Kier molecular flexibility index (Phi) is 3.99. The minimum absolute atomic E-state index is 0.137. The fourth-order valence-corrected chi connectivity index (χ4v) is 2.31. The first-order valence-corrected chi connectivity index (χ1v) is 6.96. The standard InChI is InChI=1S/C16H10F3N3O3/c1-25-15-12(13(23)10-11(14(15)24)21-7-6-20-10)22-9-4-2-8(3-5-9)16(17,18)19/h2-7,22H,1H3. The van der Waals surface area contributed by atoms with Crippen LogP contribution in [0.25, 0.3) is 0 Å². The molecule has 0 saturated heterocycles. The molecule has 3 rings (SSSR count). The maximum Gasteiger partial charge on any atom is 0.416 e. The highest BCUT2D eigenvalue weighted by Crippen LogP contribution is 2.31. The predicted octanol–water partition coefficient (Wildman–Crippen LogP) is 2.84. The maximum atomic E-state index is 12.6.